The van der Waals surface area contributed by atoms with Crippen molar-refractivity contribution in [3.63, 3.8) is 0 Å². The molecule has 0 heterocycles. The second-order valence-electron chi connectivity index (χ2n) is 5.53. The Morgan fingerprint density at radius 1 is 0.931 bits per heavy atom. The van der Waals surface area contributed by atoms with E-state index < -0.39 is 22.1 Å². The summed E-state index contributed by atoms with van der Waals surface area (Å²) in [6.45, 7) is 1.95. The summed E-state index contributed by atoms with van der Waals surface area (Å²) in [6.07, 6.45) is 1.25. The van der Waals surface area contributed by atoms with Gasteiger partial charge >= 0.3 is 22.1 Å². The van der Waals surface area contributed by atoms with Crippen LogP contribution in [0, 0.1) is 0 Å². The Hall–Kier alpha value is -3.33. The van der Waals surface area contributed by atoms with Crippen LogP contribution in [-0.2, 0) is 29.2 Å². The van der Waals surface area contributed by atoms with Crippen LogP contribution in [0.1, 0.15) is 12.5 Å². The van der Waals surface area contributed by atoms with Gasteiger partial charge < -0.3 is 18.4 Å². The van der Waals surface area contributed by atoms with Crippen molar-refractivity contribution in [3.05, 3.63) is 59.7 Å². The molecule has 0 bridgehead atoms. The molecule has 2 aromatic carbocycles. The SMILES string of the molecule is CCOc1cc(C=C(C(=O)OC)C(=O)OC)ccc1OS(=O)(=O)c1ccccc1. The van der Waals surface area contributed by atoms with E-state index in [1.54, 1.807) is 25.1 Å². The Balaban J connectivity index is 2.44. The normalized spacial score (nSPS) is 10.6. The standard InChI is InChI=1S/C20H20O8S/c1-4-27-18-13-14(12-16(19(21)25-2)20(22)26-3)10-11-17(18)28-29(23,24)15-8-6-5-7-9-15/h5-13H,4H2,1-3H3. The molecule has 0 saturated heterocycles. The predicted molar refractivity (Wildman–Crippen MR) is 104 cm³/mol. The van der Waals surface area contributed by atoms with E-state index in [1.165, 1.54) is 36.4 Å². The first-order valence-electron chi connectivity index (χ1n) is 8.47. The number of carbonyl (C=O) groups is 2. The van der Waals surface area contributed by atoms with Crippen molar-refractivity contribution in [2.24, 2.45) is 0 Å². The summed E-state index contributed by atoms with van der Waals surface area (Å²) in [7, 11) is -1.80. The van der Waals surface area contributed by atoms with E-state index in [9.17, 15) is 18.0 Å². The zero-order chi connectivity index (χ0) is 21.4. The smallest absolute Gasteiger partial charge is 0.345 e. The average Bonchev–Trinajstić information content (AvgIpc) is 2.73. The van der Waals surface area contributed by atoms with Gasteiger partial charge in [-0.2, -0.15) is 8.42 Å². The van der Waals surface area contributed by atoms with E-state index in [1.807, 2.05) is 0 Å². The molecule has 0 amide bonds. The Labute approximate surface area is 168 Å². The molecule has 0 aromatic heterocycles. The third kappa shape index (κ3) is 5.58. The number of hydrogen-bond acceptors (Lipinski definition) is 8. The van der Waals surface area contributed by atoms with Crippen LogP contribution in [0.25, 0.3) is 6.08 Å². The molecule has 9 heteroatoms. The van der Waals surface area contributed by atoms with Gasteiger partial charge in [-0.3, -0.25) is 0 Å². The molecule has 8 nitrogen and oxygen atoms in total. The van der Waals surface area contributed by atoms with Crippen LogP contribution in [0.5, 0.6) is 11.5 Å². The average molecular weight is 420 g/mol. The maximum Gasteiger partial charge on any atom is 0.345 e. The van der Waals surface area contributed by atoms with Crippen LogP contribution < -0.4 is 8.92 Å². The maximum atomic E-state index is 12.5. The molecule has 2 rings (SSSR count). The van der Waals surface area contributed by atoms with Crippen molar-refractivity contribution in [1.29, 1.82) is 0 Å². The van der Waals surface area contributed by atoms with Crippen LogP contribution in [0.2, 0.25) is 0 Å². The molecule has 0 atom stereocenters. The fraction of sp³-hybridized carbons (Fsp3) is 0.200. The Bertz CT molecular complexity index is 992. The van der Waals surface area contributed by atoms with Gasteiger partial charge in [0.25, 0.3) is 0 Å². The van der Waals surface area contributed by atoms with Crippen molar-refractivity contribution in [2.75, 3.05) is 20.8 Å². The molecule has 0 aliphatic carbocycles. The number of benzene rings is 2. The van der Waals surface area contributed by atoms with Crippen molar-refractivity contribution in [3.8, 4) is 11.5 Å². The molecule has 29 heavy (non-hydrogen) atoms. The maximum absolute atomic E-state index is 12.5. The highest BCUT2D eigenvalue weighted by Gasteiger charge is 2.22. The molecule has 0 N–H and O–H groups in total. The summed E-state index contributed by atoms with van der Waals surface area (Å²) in [6, 6.07) is 11.9. The molecule has 2 aromatic rings. The van der Waals surface area contributed by atoms with Gasteiger partial charge in [0.2, 0.25) is 0 Å². The summed E-state index contributed by atoms with van der Waals surface area (Å²) >= 11 is 0. The summed E-state index contributed by atoms with van der Waals surface area (Å²) in [5, 5.41) is 0. The number of methoxy groups -OCH3 is 2. The number of rotatable bonds is 8. The van der Waals surface area contributed by atoms with Gasteiger partial charge in [0.05, 0.1) is 20.8 Å². The first-order chi connectivity index (χ1) is 13.8. The highest BCUT2D eigenvalue weighted by molar-refractivity contribution is 7.87. The summed E-state index contributed by atoms with van der Waals surface area (Å²) < 4.78 is 44.8. The third-order valence-corrected chi connectivity index (χ3v) is 4.87. The third-order valence-electron chi connectivity index (χ3n) is 3.62. The predicted octanol–water partition coefficient (Wildman–Crippen LogP) is 2.58. The van der Waals surface area contributed by atoms with Crippen molar-refractivity contribution in [1.82, 2.24) is 0 Å². The Morgan fingerprint density at radius 2 is 1.55 bits per heavy atom. The number of ether oxygens (including phenoxy) is 3. The van der Waals surface area contributed by atoms with E-state index in [0.717, 1.165) is 14.2 Å². The molecular formula is C20H20O8S. The van der Waals surface area contributed by atoms with Gasteiger partial charge in [-0.15, -0.1) is 0 Å². The molecule has 0 fully saturated rings. The fourth-order valence-corrected chi connectivity index (χ4v) is 3.25. The van der Waals surface area contributed by atoms with Crippen molar-refractivity contribution >= 4 is 28.1 Å². The van der Waals surface area contributed by atoms with Crippen molar-refractivity contribution < 1.29 is 36.4 Å². The molecular weight excluding hydrogens is 400 g/mol. The number of carbonyl (C=O) groups excluding carboxylic acids is 2. The quantitative estimate of drug-likeness (QED) is 0.211. The van der Waals surface area contributed by atoms with Crippen LogP contribution in [0.3, 0.4) is 0 Å². The van der Waals surface area contributed by atoms with Gasteiger partial charge in [0.1, 0.15) is 10.5 Å². The van der Waals surface area contributed by atoms with E-state index in [2.05, 4.69) is 9.47 Å². The minimum absolute atomic E-state index is 0.00918. The van der Waals surface area contributed by atoms with E-state index in [0.29, 0.717) is 5.56 Å². The Kier molecular flexibility index (Phi) is 7.38. The first kappa shape index (κ1) is 22.0. The Morgan fingerprint density at radius 3 is 2.10 bits per heavy atom. The van der Waals surface area contributed by atoms with Gasteiger partial charge in [-0.05, 0) is 42.8 Å². The van der Waals surface area contributed by atoms with Gasteiger partial charge in [-0.1, -0.05) is 24.3 Å². The summed E-state index contributed by atoms with van der Waals surface area (Å²) in [5.74, 6) is -1.66. The molecule has 0 unspecified atom stereocenters. The molecule has 154 valence electrons. The molecule has 0 spiro atoms. The zero-order valence-electron chi connectivity index (χ0n) is 16.1. The van der Waals surface area contributed by atoms with E-state index in [-0.39, 0.29) is 28.6 Å². The summed E-state index contributed by atoms with van der Waals surface area (Å²) in [4.78, 5) is 23.6. The van der Waals surface area contributed by atoms with E-state index >= 15 is 0 Å². The lowest BCUT2D eigenvalue weighted by Crippen LogP contribution is -2.15. The van der Waals surface area contributed by atoms with Crippen LogP contribution in [-0.4, -0.2) is 41.2 Å². The molecule has 0 saturated carbocycles. The minimum atomic E-state index is -4.07. The topological polar surface area (TPSA) is 105 Å². The van der Waals surface area contributed by atoms with E-state index in [4.69, 9.17) is 8.92 Å². The number of hydrogen-bond donors (Lipinski definition) is 0. The fourth-order valence-electron chi connectivity index (χ4n) is 2.29. The lowest BCUT2D eigenvalue weighted by molar-refractivity contribution is -0.143. The zero-order valence-corrected chi connectivity index (χ0v) is 16.9. The molecule has 0 aliphatic heterocycles. The van der Waals surface area contributed by atoms with Crippen LogP contribution in [0.15, 0.2) is 59.0 Å². The second-order valence-corrected chi connectivity index (χ2v) is 7.08. The minimum Gasteiger partial charge on any atom is -0.490 e. The second kappa shape index (κ2) is 9.74. The highest BCUT2D eigenvalue weighted by Crippen LogP contribution is 2.32. The van der Waals surface area contributed by atoms with Crippen LogP contribution >= 0.6 is 0 Å². The van der Waals surface area contributed by atoms with Crippen LogP contribution in [0.4, 0.5) is 0 Å². The highest BCUT2D eigenvalue weighted by atomic mass is 32.2. The largest absolute Gasteiger partial charge is 0.490 e. The summed E-state index contributed by atoms with van der Waals surface area (Å²) in [5.41, 5.74) is 0.0479. The molecule has 0 aliphatic rings. The number of esters is 2. The van der Waals surface area contributed by atoms with Crippen molar-refractivity contribution in [2.45, 2.75) is 11.8 Å². The monoisotopic (exact) mass is 420 g/mol. The van der Waals surface area contributed by atoms with Gasteiger partial charge in [0, 0.05) is 0 Å². The van der Waals surface area contributed by atoms with Gasteiger partial charge in [-0.25, -0.2) is 9.59 Å². The lowest BCUT2D eigenvalue weighted by Gasteiger charge is -2.13. The molecule has 0 radical (unpaired) electrons. The lowest BCUT2D eigenvalue weighted by atomic mass is 10.1. The first-order valence-corrected chi connectivity index (χ1v) is 9.88. The van der Waals surface area contributed by atoms with Gasteiger partial charge in [0.15, 0.2) is 11.5 Å².